The van der Waals surface area contributed by atoms with E-state index < -0.39 is 5.82 Å². The molecule has 0 unspecified atom stereocenters. The molecule has 20 heavy (non-hydrogen) atoms. The molecule has 4 heteroatoms. The van der Waals surface area contributed by atoms with Crippen molar-refractivity contribution in [3.8, 4) is 0 Å². The molecule has 0 aliphatic heterocycles. The topological polar surface area (TPSA) is 20.3 Å². The first kappa shape index (κ1) is 14.7. The van der Waals surface area contributed by atoms with Gasteiger partial charge in [0, 0.05) is 13.6 Å². The molecule has 1 amide bonds. The number of amides is 1. The van der Waals surface area contributed by atoms with Crippen molar-refractivity contribution in [2.24, 2.45) is 0 Å². The van der Waals surface area contributed by atoms with Crippen LogP contribution in [-0.4, -0.2) is 17.9 Å². The SMILES string of the molecule is Cc1cccc(CN(C)C(=O)c2cccc(F)c2Br)c1. The Morgan fingerprint density at radius 1 is 1.25 bits per heavy atom. The Morgan fingerprint density at radius 3 is 2.65 bits per heavy atom. The van der Waals surface area contributed by atoms with Crippen molar-refractivity contribution in [2.45, 2.75) is 13.5 Å². The average Bonchev–Trinajstić information content (AvgIpc) is 2.41. The van der Waals surface area contributed by atoms with Gasteiger partial charge in [0.25, 0.3) is 5.91 Å². The predicted molar refractivity (Wildman–Crippen MR) is 81.1 cm³/mol. The molecular weight excluding hydrogens is 321 g/mol. The molecule has 2 aromatic carbocycles. The lowest BCUT2D eigenvalue weighted by Gasteiger charge is -2.18. The summed E-state index contributed by atoms with van der Waals surface area (Å²) in [7, 11) is 1.71. The highest BCUT2D eigenvalue weighted by atomic mass is 79.9. The van der Waals surface area contributed by atoms with E-state index in [0.717, 1.165) is 11.1 Å². The molecule has 0 N–H and O–H groups in total. The number of carbonyl (C=O) groups is 1. The third-order valence-corrected chi connectivity index (χ3v) is 3.84. The fourth-order valence-corrected chi connectivity index (χ4v) is 2.46. The Bertz CT molecular complexity index is 642. The standard InChI is InChI=1S/C16H15BrFNO/c1-11-5-3-6-12(9-11)10-19(2)16(20)13-7-4-8-14(18)15(13)17/h3-9H,10H2,1-2H3. The molecular formula is C16H15BrFNO. The minimum Gasteiger partial charge on any atom is -0.337 e. The van der Waals surface area contributed by atoms with Gasteiger partial charge in [-0.15, -0.1) is 0 Å². The third-order valence-electron chi connectivity index (χ3n) is 3.03. The summed E-state index contributed by atoms with van der Waals surface area (Å²) in [6.07, 6.45) is 0. The van der Waals surface area contributed by atoms with Crippen LogP contribution in [0.3, 0.4) is 0 Å². The summed E-state index contributed by atoms with van der Waals surface area (Å²) in [5.41, 5.74) is 2.53. The largest absolute Gasteiger partial charge is 0.337 e. The Hall–Kier alpha value is -1.68. The van der Waals surface area contributed by atoms with Gasteiger partial charge in [0.15, 0.2) is 0 Å². The molecule has 2 rings (SSSR count). The van der Waals surface area contributed by atoms with E-state index in [1.807, 2.05) is 31.2 Å². The molecule has 0 aromatic heterocycles. The van der Waals surface area contributed by atoms with Gasteiger partial charge in [-0.05, 0) is 40.5 Å². The van der Waals surface area contributed by atoms with Crippen molar-refractivity contribution in [3.05, 3.63) is 69.4 Å². The fraction of sp³-hybridized carbons (Fsp3) is 0.188. The lowest BCUT2D eigenvalue weighted by Crippen LogP contribution is -2.26. The first-order valence-corrected chi connectivity index (χ1v) is 7.03. The second kappa shape index (κ2) is 6.18. The van der Waals surface area contributed by atoms with Gasteiger partial charge in [-0.25, -0.2) is 4.39 Å². The summed E-state index contributed by atoms with van der Waals surface area (Å²) >= 11 is 3.12. The first-order chi connectivity index (χ1) is 9.49. The summed E-state index contributed by atoms with van der Waals surface area (Å²) in [4.78, 5) is 13.9. The van der Waals surface area contributed by atoms with Gasteiger partial charge in [0.1, 0.15) is 5.82 Å². The highest BCUT2D eigenvalue weighted by Gasteiger charge is 2.17. The van der Waals surface area contributed by atoms with Gasteiger partial charge in [-0.3, -0.25) is 4.79 Å². The summed E-state index contributed by atoms with van der Waals surface area (Å²) in [5, 5.41) is 0. The maximum atomic E-state index is 13.5. The van der Waals surface area contributed by atoms with Gasteiger partial charge >= 0.3 is 0 Å². The van der Waals surface area contributed by atoms with Crippen molar-refractivity contribution < 1.29 is 9.18 Å². The molecule has 2 nitrogen and oxygen atoms in total. The number of hydrogen-bond donors (Lipinski definition) is 0. The highest BCUT2D eigenvalue weighted by Crippen LogP contribution is 2.22. The minimum absolute atomic E-state index is 0.209. The van der Waals surface area contributed by atoms with E-state index >= 15 is 0 Å². The molecule has 0 atom stereocenters. The minimum atomic E-state index is -0.431. The number of rotatable bonds is 3. The molecule has 0 aliphatic rings. The van der Waals surface area contributed by atoms with Crippen molar-refractivity contribution in [3.63, 3.8) is 0 Å². The number of aryl methyl sites for hydroxylation is 1. The zero-order valence-electron chi connectivity index (χ0n) is 11.4. The van der Waals surface area contributed by atoms with E-state index in [1.54, 1.807) is 18.0 Å². The molecule has 0 fully saturated rings. The Morgan fingerprint density at radius 2 is 1.95 bits per heavy atom. The van der Waals surface area contributed by atoms with Crippen molar-refractivity contribution in [1.82, 2.24) is 4.90 Å². The van der Waals surface area contributed by atoms with Gasteiger partial charge in [-0.1, -0.05) is 35.9 Å². The van der Waals surface area contributed by atoms with E-state index in [1.165, 1.54) is 12.1 Å². The molecule has 0 aliphatic carbocycles. The van der Waals surface area contributed by atoms with Gasteiger partial charge in [-0.2, -0.15) is 0 Å². The van der Waals surface area contributed by atoms with Crippen LogP contribution in [0.1, 0.15) is 21.5 Å². The molecule has 0 saturated heterocycles. The van der Waals surface area contributed by atoms with E-state index in [-0.39, 0.29) is 10.4 Å². The third kappa shape index (κ3) is 3.25. The number of benzene rings is 2. The maximum Gasteiger partial charge on any atom is 0.255 e. The van der Waals surface area contributed by atoms with Crippen molar-refractivity contribution >= 4 is 21.8 Å². The summed E-state index contributed by atoms with van der Waals surface area (Å²) in [6.45, 7) is 2.50. The maximum absolute atomic E-state index is 13.5. The number of hydrogen-bond acceptors (Lipinski definition) is 1. The van der Waals surface area contributed by atoms with Crippen LogP contribution in [0.5, 0.6) is 0 Å². The fourth-order valence-electron chi connectivity index (χ4n) is 2.03. The lowest BCUT2D eigenvalue weighted by atomic mass is 10.1. The molecule has 0 radical (unpaired) electrons. The van der Waals surface area contributed by atoms with E-state index in [4.69, 9.17) is 0 Å². The summed E-state index contributed by atoms with van der Waals surface area (Å²) < 4.78 is 13.7. The van der Waals surface area contributed by atoms with Crippen LogP contribution in [0.15, 0.2) is 46.9 Å². The van der Waals surface area contributed by atoms with Crippen LogP contribution in [0.2, 0.25) is 0 Å². The summed E-state index contributed by atoms with van der Waals surface area (Å²) in [6, 6.07) is 12.4. The Balaban J connectivity index is 2.19. The molecule has 2 aromatic rings. The number of halogens is 2. The monoisotopic (exact) mass is 335 g/mol. The van der Waals surface area contributed by atoms with Crippen LogP contribution in [0.4, 0.5) is 4.39 Å². The van der Waals surface area contributed by atoms with Crippen LogP contribution in [0.25, 0.3) is 0 Å². The number of carbonyl (C=O) groups excluding carboxylic acids is 1. The van der Waals surface area contributed by atoms with Gasteiger partial charge in [0.2, 0.25) is 0 Å². The number of nitrogens with zero attached hydrogens (tertiary/aromatic N) is 1. The second-order valence-corrected chi connectivity index (χ2v) is 5.54. The molecule has 0 spiro atoms. The quantitative estimate of drug-likeness (QED) is 0.824. The van der Waals surface area contributed by atoms with Gasteiger partial charge < -0.3 is 4.90 Å². The predicted octanol–water partition coefficient (Wildman–Crippen LogP) is 4.17. The highest BCUT2D eigenvalue weighted by molar-refractivity contribution is 9.10. The Kier molecular flexibility index (Phi) is 4.55. The first-order valence-electron chi connectivity index (χ1n) is 6.24. The second-order valence-electron chi connectivity index (χ2n) is 4.75. The van der Waals surface area contributed by atoms with Crippen molar-refractivity contribution in [1.29, 1.82) is 0 Å². The molecule has 104 valence electrons. The zero-order valence-corrected chi connectivity index (χ0v) is 12.9. The van der Waals surface area contributed by atoms with E-state index in [0.29, 0.717) is 12.1 Å². The van der Waals surface area contributed by atoms with Crippen LogP contribution in [-0.2, 0) is 6.54 Å². The molecule has 0 heterocycles. The summed E-state index contributed by atoms with van der Waals surface area (Å²) in [5.74, 6) is -0.641. The van der Waals surface area contributed by atoms with Gasteiger partial charge in [0.05, 0.1) is 10.0 Å². The molecule has 0 saturated carbocycles. The smallest absolute Gasteiger partial charge is 0.255 e. The normalized spacial score (nSPS) is 10.4. The van der Waals surface area contributed by atoms with Crippen LogP contribution in [0, 0.1) is 12.7 Å². The molecule has 0 bridgehead atoms. The van der Waals surface area contributed by atoms with Crippen molar-refractivity contribution in [2.75, 3.05) is 7.05 Å². The van der Waals surface area contributed by atoms with E-state index in [2.05, 4.69) is 15.9 Å². The Labute approximate surface area is 126 Å². The average molecular weight is 336 g/mol. The van der Waals surface area contributed by atoms with E-state index in [9.17, 15) is 9.18 Å². The zero-order chi connectivity index (χ0) is 14.7. The van der Waals surface area contributed by atoms with Crippen LogP contribution < -0.4 is 0 Å². The van der Waals surface area contributed by atoms with Crippen LogP contribution >= 0.6 is 15.9 Å². The lowest BCUT2D eigenvalue weighted by molar-refractivity contribution is 0.0783.